The maximum absolute atomic E-state index is 9.28. The molecule has 0 saturated heterocycles. The second-order valence-electron chi connectivity index (χ2n) is 4.17. The average Bonchev–Trinajstić information content (AvgIpc) is 2.90. The molecule has 0 unspecified atom stereocenters. The van der Waals surface area contributed by atoms with Crippen molar-refractivity contribution < 1.29 is 0 Å². The topological polar surface area (TPSA) is 54.5 Å². The van der Waals surface area contributed by atoms with Gasteiger partial charge >= 0.3 is 0 Å². The summed E-state index contributed by atoms with van der Waals surface area (Å²) in [7, 11) is 0. The maximum atomic E-state index is 9.28. The largest absolute Gasteiger partial charge is 0.191 e. The highest BCUT2D eigenvalue weighted by atomic mass is 35.5. The van der Waals surface area contributed by atoms with Crippen LogP contribution in [0.25, 0.3) is 22.8 Å². The second-order valence-corrected chi connectivity index (χ2v) is 4.61. The van der Waals surface area contributed by atoms with Gasteiger partial charge in [-0.25, -0.2) is 0 Å². The number of fused-ring (bicyclic) bond motifs is 1. The number of hydrogen-bond acceptors (Lipinski definition) is 3. The van der Waals surface area contributed by atoms with Crippen molar-refractivity contribution in [1.29, 1.82) is 5.26 Å². The lowest BCUT2D eigenvalue weighted by atomic mass is 10.2. The van der Waals surface area contributed by atoms with Crippen molar-refractivity contribution in [2.75, 3.05) is 0 Å². The molecule has 4 nitrogen and oxygen atoms in total. The van der Waals surface area contributed by atoms with Crippen LogP contribution in [0.15, 0.2) is 48.5 Å². The Morgan fingerprint density at radius 2 is 1.65 bits per heavy atom. The molecule has 0 spiro atoms. The third-order valence-electron chi connectivity index (χ3n) is 2.79. The van der Waals surface area contributed by atoms with E-state index in [9.17, 15) is 5.26 Å². The molecule has 3 aromatic rings. The minimum absolute atomic E-state index is 0.350. The van der Waals surface area contributed by atoms with Crippen molar-refractivity contribution in [2.24, 2.45) is 0 Å². The van der Waals surface area contributed by atoms with Crippen molar-refractivity contribution in [3.63, 3.8) is 0 Å². The molecule has 3 rings (SSSR count). The summed E-state index contributed by atoms with van der Waals surface area (Å²) in [6.07, 6.45) is 1.72. The molecule has 1 aromatic heterocycles. The molecule has 0 radical (unpaired) electrons. The summed E-state index contributed by atoms with van der Waals surface area (Å²) < 4.78 is 0. The Morgan fingerprint density at radius 3 is 2.20 bits per heavy atom. The zero-order valence-electron chi connectivity index (χ0n) is 10.4. The van der Waals surface area contributed by atoms with Crippen molar-refractivity contribution in [1.82, 2.24) is 15.0 Å². The molecule has 0 aliphatic rings. The highest BCUT2D eigenvalue weighted by Gasteiger charge is 2.06. The summed E-state index contributed by atoms with van der Waals surface area (Å²) in [5.74, 6) is 0. The Labute approximate surface area is 120 Å². The molecule has 20 heavy (non-hydrogen) atoms. The fourth-order valence-corrected chi connectivity index (χ4v) is 1.95. The van der Waals surface area contributed by atoms with E-state index in [1.807, 2.05) is 36.4 Å². The molecule has 0 aliphatic carbocycles. The van der Waals surface area contributed by atoms with Crippen LogP contribution in [0.3, 0.4) is 0 Å². The van der Waals surface area contributed by atoms with E-state index in [-0.39, 0.29) is 0 Å². The summed E-state index contributed by atoms with van der Waals surface area (Å²) in [6.45, 7) is 0. The van der Waals surface area contributed by atoms with E-state index in [2.05, 4.69) is 16.3 Å². The molecule has 0 saturated carbocycles. The quantitative estimate of drug-likeness (QED) is 0.674. The van der Waals surface area contributed by atoms with Gasteiger partial charge in [0.1, 0.15) is 17.1 Å². The first kappa shape index (κ1) is 12.4. The normalized spacial score (nSPS) is 11.5. The predicted octanol–water partition coefficient (Wildman–Crippen LogP) is 3.61. The smallest absolute Gasteiger partial charge is 0.163 e. The number of nitriles is 1. The van der Waals surface area contributed by atoms with Crippen LogP contribution in [0, 0.1) is 11.3 Å². The Bertz CT molecular complexity index is 792. The average molecular weight is 281 g/mol. The molecule has 0 amide bonds. The standard InChI is InChI=1S/C15H9ClN4/c16-12-7-5-11(6-8-12)9-13(10-17)20-18-14-3-1-2-4-15(14)19-20/h1-9H/b13-9+. The van der Waals surface area contributed by atoms with Gasteiger partial charge in [0.15, 0.2) is 5.70 Å². The monoisotopic (exact) mass is 280 g/mol. The Hall–Kier alpha value is -2.64. The zero-order chi connectivity index (χ0) is 13.9. The molecule has 5 heteroatoms. The van der Waals surface area contributed by atoms with E-state index in [1.54, 1.807) is 18.2 Å². The number of rotatable bonds is 2. The Morgan fingerprint density at radius 1 is 1.05 bits per heavy atom. The molecule has 0 aliphatic heterocycles. The molecule has 0 atom stereocenters. The van der Waals surface area contributed by atoms with Gasteiger partial charge in [-0.05, 0) is 35.9 Å². The van der Waals surface area contributed by atoms with Crippen molar-refractivity contribution in [2.45, 2.75) is 0 Å². The van der Waals surface area contributed by atoms with Gasteiger partial charge in [-0.1, -0.05) is 35.9 Å². The third-order valence-corrected chi connectivity index (χ3v) is 3.04. The Balaban J connectivity index is 2.05. The van der Waals surface area contributed by atoms with Crippen LogP contribution in [0.4, 0.5) is 0 Å². The third kappa shape index (κ3) is 2.40. The van der Waals surface area contributed by atoms with Gasteiger partial charge < -0.3 is 0 Å². The van der Waals surface area contributed by atoms with Crippen LogP contribution in [0.1, 0.15) is 5.56 Å². The van der Waals surface area contributed by atoms with Gasteiger partial charge in [0.05, 0.1) is 0 Å². The molecule has 0 fully saturated rings. The number of nitrogens with zero attached hydrogens (tertiary/aromatic N) is 4. The summed E-state index contributed by atoms with van der Waals surface area (Å²) >= 11 is 5.84. The number of hydrogen-bond donors (Lipinski definition) is 0. The lowest BCUT2D eigenvalue weighted by Crippen LogP contribution is -1.99. The Kier molecular flexibility index (Phi) is 3.20. The summed E-state index contributed by atoms with van der Waals surface area (Å²) in [4.78, 5) is 1.35. The summed E-state index contributed by atoms with van der Waals surface area (Å²) in [5.41, 5.74) is 2.73. The molecular formula is C15H9ClN4. The first-order valence-electron chi connectivity index (χ1n) is 5.96. The van der Waals surface area contributed by atoms with E-state index in [0.717, 1.165) is 16.6 Å². The van der Waals surface area contributed by atoms with Gasteiger partial charge in [0.25, 0.3) is 0 Å². The van der Waals surface area contributed by atoms with Gasteiger partial charge in [0, 0.05) is 5.02 Å². The molecular weight excluding hydrogens is 272 g/mol. The van der Waals surface area contributed by atoms with E-state index < -0.39 is 0 Å². The van der Waals surface area contributed by atoms with Crippen LogP contribution in [0.5, 0.6) is 0 Å². The SMILES string of the molecule is N#C/C(=C\c1ccc(Cl)cc1)n1nc2ccccc2n1. The van der Waals surface area contributed by atoms with E-state index in [1.165, 1.54) is 4.80 Å². The van der Waals surface area contributed by atoms with Crippen LogP contribution in [0.2, 0.25) is 5.02 Å². The second kappa shape index (κ2) is 5.16. The van der Waals surface area contributed by atoms with Crippen molar-refractivity contribution in [3.05, 3.63) is 59.1 Å². The van der Waals surface area contributed by atoms with Crippen LogP contribution in [-0.4, -0.2) is 15.0 Å². The molecule has 2 aromatic carbocycles. The minimum Gasteiger partial charge on any atom is -0.191 e. The van der Waals surface area contributed by atoms with Crippen LogP contribution >= 0.6 is 11.6 Å². The summed E-state index contributed by atoms with van der Waals surface area (Å²) in [5, 5.41) is 18.5. The van der Waals surface area contributed by atoms with Crippen molar-refractivity contribution >= 4 is 34.4 Å². The number of allylic oxidation sites excluding steroid dienone is 1. The van der Waals surface area contributed by atoms with E-state index >= 15 is 0 Å². The summed E-state index contributed by atoms with van der Waals surface area (Å²) in [6, 6.07) is 16.8. The van der Waals surface area contributed by atoms with Crippen molar-refractivity contribution in [3.8, 4) is 6.07 Å². The predicted molar refractivity (Wildman–Crippen MR) is 78.8 cm³/mol. The van der Waals surface area contributed by atoms with E-state index in [0.29, 0.717) is 10.7 Å². The highest BCUT2D eigenvalue weighted by Crippen LogP contribution is 2.15. The minimum atomic E-state index is 0.350. The number of aromatic nitrogens is 3. The van der Waals surface area contributed by atoms with E-state index in [4.69, 9.17) is 11.6 Å². The maximum Gasteiger partial charge on any atom is 0.163 e. The first-order chi connectivity index (χ1) is 9.76. The fraction of sp³-hybridized carbons (Fsp3) is 0. The van der Waals surface area contributed by atoms with Crippen LogP contribution < -0.4 is 0 Å². The van der Waals surface area contributed by atoms with Gasteiger partial charge in [-0.2, -0.15) is 5.26 Å². The lowest BCUT2D eigenvalue weighted by Gasteiger charge is -1.97. The van der Waals surface area contributed by atoms with Gasteiger partial charge in [0.2, 0.25) is 0 Å². The molecule has 96 valence electrons. The molecule has 1 heterocycles. The highest BCUT2D eigenvalue weighted by molar-refractivity contribution is 6.30. The zero-order valence-corrected chi connectivity index (χ0v) is 11.1. The van der Waals surface area contributed by atoms with Crippen LogP contribution in [-0.2, 0) is 0 Å². The first-order valence-corrected chi connectivity index (χ1v) is 6.34. The van der Waals surface area contributed by atoms with Gasteiger partial charge in [-0.3, -0.25) is 0 Å². The molecule has 0 N–H and O–H groups in total. The van der Waals surface area contributed by atoms with Gasteiger partial charge in [-0.15, -0.1) is 15.0 Å². The number of halogens is 1. The molecule has 0 bridgehead atoms. The fourth-order valence-electron chi connectivity index (χ4n) is 1.82. The lowest BCUT2D eigenvalue weighted by molar-refractivity contribution is 0.796. The number of benzene rings is 2.